The fourth-order valence-corrected chi connectivity index (χ4v) is 2.52. The van der Waals surface area contributed by atoms with Gasteiger partial charge in [0.2, 0.25) is 0 Å². The van der Waals surface area contributed by atoms with Gasteiger partial charge in [0.15, 0.2) is 0 Å². The molecular formula is C14H20N2O4. The molecule has 1 aliphatic heterocycles. The van der Waals surface area contributed by atoms with Crippen LogP contribution in [0.3, 0.4) is 0 Å². The highest BCUT2D eigenvalue weighted by Crippen LogP contribution is 2.26. The van der Waals surface area contributed by atoms with E-state index < -0.39 is 4.92 Å². The summed E-state index contributed by atoms with van der Waals surface area (Å²) in [4.78, 5) is 12.5. The van der Waals surface area contributed by atoms with Crippen LogP contribution in [0.25, 0.3) is 0 Å². The molecule has 1 aromatic carbocycles. The number of aliphatic hydroxyl groups is 1. The second-order valence-electron chi connectivity index (χ2n) is 4.90. The van der Waals surface area contributed by atoms with E-state index in [-0.39, 0.29) is 18.4 Å². The van der Waals surface area contributed by atoms with Crippen LogP contribution >= 0.6 is 0 Å². The van der Waals surface area contributed by atoms with Crippen molar-refractivity contribution in [2.24, 2.45) is 0 Å². The monoisotopic (exact) mass is 280 g/mol. The van der Waals surface area contributed by atoms with Gasteiger partial charge in [0.05, 0.1) is 23.2 Å². The molecule has 0 amide bonds. The van der Waals surface area contributed by atoms with Crippen LogP contribution in [-0.2, 0) is 11.3 Å². The fraction of sp³-hybridized carbons (Fsp3) is 0.571. The Morgan fingerprint density at radius 3 is 2.90 bits per heavy atom. The molecule has 2 rings (SSSR count). The van der Waals surface area contributed by atoms with Crippen LogP contribution in [0.2, 0.25) is 0 Å². The first kappa shape index (κ1) is 14.7. The van der Waals surface area contributed by atoms with E-state index in [1.54, 1.807) is 12.1 Å². The SMILES string of the molecule is CCN(CC1CCCO1)c1ccc([N+](=O)[O-])c(CO)c1. The first-order valence-electron chi connectivity index (χ1n) is 6.90. The number of nitro groups is 1. The van der Waals surface area contributed by atoms with Crippen molar-refractivity contribution in [3.8, 4) is 0 Å². The van der Waals surface area contributed by atoms with E-state index in [1.807, 2.05) is 6.92 Å². The van der Waals surface area contributed by atoms with Gasteiger partial charge in [-0.1, -0.05) is 0 Å². The standard InChI is InChI=1S/C14H20N2O4/c1-2-15(9-13-4-3-7-20-13)12-5-6-14(16(18)19)11(8-12)10-17/h5-6,8,13,17H,2-4,7,9-10H2,1H3. The number of aliphatic hydroxyl groups excluding tert-OH is 1. The Morgan fingerprint density at radius 2 is 2.35 bits per heavy atom. The van der Waals surface area contributed by atoms with Crippen molar-refractivity contribution in [3.05, 3.63) is 33.9 Å². The molecule has 20 heavy (non-hydrogen) atoms. The minimum atomic E-state index is -0.467. The summed E-state index contributed by atoms with van der Waals surface area (Å²) in [7, 11) is 0. The maximum Gasteiger partial charge on any atom is 0.275 e. The lowest BCUT2D eigenvalue weighted by Crippen LogP contribution is -2.32. The average Bonchev–Trinajstić information content (AvgIpc) is 2.96. The number of hydrogen-bond donors (Lipinski definition) is 1. The number of anilines is 1. The predicted molar refractivity (Wildman–Crippen MR) is 75.9 cm³/mol. The van der Waals surface area contributed by atoms with E-state index in [9.17, 15) is 15.2 Å². The van der Waals surface area contributed by atoms with Gasteiger partial charge in [0.25, 0.3) is 5.69 Å². The number of ether oxygens (including phenoxy) is 1. The Morgan fingerprint density at radius 1 is 1.55 bits per heavy atom. The van der Waals surface area contributed by atoms with Crippen LogP contribution in [0.4, 0.5) is 11.4 Å². The molecular weight excluding hydrogens is 260 g/mol. The Bertz CT molecular complexity index is 472. The Kier molecular flexibility index (Phi) is 4.92. The van der Waals surface area contributed by atoms with Crippen LogP contribution in [-0.4, -0.2) is 35.8 Å². The zero-order valence-electron chi connectivity index (χ0n) is 11.6. The Labute approximate surface area is 118 Å². The van der Waals surface area contributed by atoms with E-state index in [0.717, 1.165) is 38.2 Å². The topological polar surface area (TPSA) is 75.8 Å². The molecule has 6 heteroatoms. The van der Waals surface area contributed by atoms with Crippen LogP contribution < -0.4 is 4.90 Å². The van der Waals surface area contributed by atoms with E-state index >= 15 is 0 Å². The van der Waals surface area contributed by atoms with Crippen LogP contribution in [0.5, 0.6) is 0 Å². The molecule has 0 bridgehead atoms. The zero-order chi connectivity index (χ0) is 14.5. The average molecular weight is 280 g/mol. The van der Waals surface area contributed by atoms with Crippen molar-refractivity contribution in [2.45, 2.75) is 32.5 Å². The van der Waals surface area contributed by atoms with Crippen LogP contribution in [0.1, 0.15) is 25.3 Å². The highest BCUT2D eigenvalue weighted by atomic mass is 16.6. The van der Waals surface area contributed by atoms with Crippen molar-refractivity contribution < 1.29 is 14.8 Å². The number of nitrogens with zero attached hydrogens (tertiary/aromatic N) is 2. The number of hydrogen-bond acceptors (Lipinski definition) is 5. The molecule has 1 unspecified atom stereocenters. The van der Waals surface area contributed by atoms with Gasteiger partial charge in [-0.3, -0.25) is 10.1 Å². The summed E-state index contributed by atoms with van der Waals surface area (Å²) in [6, 6.07) is 4.88. The second-order valence-corrected chi connectivity index (χ2v) is 4.90. The third-order valence-corrected chi connectivity index (χ3v) is 3.63. The molecule has 1 saturated heterocycles. The second kappa shape index (κ2) is 6.67. The number of benzene rings is 1. The molecule has 0 saturated carbocycles. The molecule has 1 N–H and O–H groups in total. The largest absolute Gasteiger partial charge is 0.391 e. The lowest BCUT2D eigenvalue weighted by molar-refractivity contribution is -0.385. The fourth-order valence-electron chi connectivity index (χ4n) is 2.52. The minimum Gasteiger partial charge on any atom is -0.391 e. The molecule has 1 fully saturated rings. The lowest BCUT2D eigenvalue weighted by atomic mass is 10.1. The van der Waals surface area contributed by atoms with Crippen molar-refractivity contribution in [2.75, 3.05) is 24.6 Å². The van der Waals surface area contributed by atoms with Crippen molar-refractivity contribution in [3.63, 3.8) is 0 Å². The van der Waals surface area contributed by atoms with Gasteiger partial charge in [-0.05, 0) is 31.9 Å². The third-order valence-electron chi connectivity index (χ3n) is 3.63. The number of rotatable bonds is 6. The maximum atomic E-state index is 10.9. The van der Waals surface area contributed by atoms with E-state index in [2.05, 4.69) is 4.90 Å². The van der Waals surface area contributed by atoms with Crippen LogP contribution in [0, 0.1) is 10.1 Å². The minimum absolute atomic E-state index is 0.0376. The molecule has 6 nitrogen and oxygen atoms in total. The summed E-state index contributed by atoms with van der Waals surface area (Å²) < 4.78 is 5.63. The van der Waals surface area contributed by atoms with Crippen LogP contribution in [0.15, 0.2) is 18.2 Å². The highest BCUT2D eigenvalue weighted by Gasteiger charge is 2.20. The maximum absolute atomic E-state index is 10.9. The van der Waals surface area contributed by atoms with Gasteiger partial charge >= 0.3 is 0 Å². The van der Waals surface area contributed by atoms with Gasteiger partial charge in [-0.15, -0.1) is 0 Å². The Balaban J connectivity index is 2.18. The molecule has 1 atom stereocenters. The van der Waals surface area contributed by atoms with E-state index in [0.29, 0.717) is 5.56 Å². The van der Waals surface area contributed by atoms with E-state index in [4.69, 9.17) is 4.74 Å². The first-order valence-corrected chi connectivity index (χ1v) is 6.90. The summed E-state index contributed by atoms with van der Waals surface area (Å²) >= 11 is 0. The lowest BCUT2D eigenvalue weighted by Gasteiger charge is -2.26. The van der Waals surface area contributed by atoms with Gasteiger partial charge in [-0.2, -0.15) is 0 Å². The molecule has 1 aromatic rings. The summed E-state index contributed by atoms with van der Waals surface area (Å²) in [5.74, 6) is 0. The molecule has 1 aliphatic rings. The molecule has 1 heterocycles. The molecule has 0 aliphatic carbocycles. The van der Waals surface area contributed by atoms with Crippen molar-refractivity contribution in [1.82, 2.24) is 0 Å². The van der Waals surface area contributed by atoms with Gasteiger partial charge in [0.1, 0.15) is 0 Å². The third kappa shape index (κ3) is 3.26. The predicted octanol–water partition coefficient (Wildman–Crippen LogP) is 2.09. The number of likely N-dealkylation sites (N-methyl/N-ethyl adjacent to an activating group) is 1. The summed E-state index contributed by atoms with van der Waals surface area (Å²) in [6.07, 6.45) is 2.36. The summed E-state index contributed by atoms with van der Waals surface area (Å²) in [6.45, 7) is 4.09. The zero-order valence-corrected chi connectivity index (χ0v) is 11.6. The Hall–Kier alpha value is -1.66. The summed E-state index contributed by atoms with van der Waals surface area (Å²) in [5, 5.41) is 20.2. The molecule has 0 aromatic heterocycles. The number of nitro benzene ring substituents is 1. The molecule has 0 spiro atoms. The van der Waals surface area contributed by atoms with E-state index in [1.165, 1.54) is 6.07 Å². The molecule has 0 radical (unpaired) electrons. The smallest absolute Gasteiger partial charge is 0.275 e. The van der Waals surface area contributed by atoms with Gasteiger partial charge in [-0.25, -0.2) is 0 Å². The van der Waals surface area contributed by atoms with Crippen molar-refractivity contribution in [1.29, 1.82) is 0 Å². The first-order chi connectivity index (χ1) is 9.65. The highest BCUT2D eigenvalue weighted by molar-refractivity contribution is 5.55. The van der Waals surface area contributed by atoms with Gasteiger partial charge < -0.3 is 14.7 Å². The van der Waals surface area contributed by atoms with Gasteiger partial charge in [0, 0.05) is 31.5 Å². The summed E-state index contributed by atoms with van der Waals surface area (Å²) in [5.41, 5.74) is 1.19. The van der Waals surface area contributed by atoms with Crippen molar-refractivity contribution >= 4 is 11.4 Å². The normalized spacial score (nSPS) is 18.2. The quantitative estimate of drug-likeness (QED) is 0.638. The molecule has 110 valence electrons.